The summed E-state index contributed by atoms with van der Waals surface area (Å²) in [5.74, 6) is -3.71. The third kappa shape index (κ3) is 1.46. The van der Waals surface area contributed by atoms with Gasteiger partial charge in [0, 0.05) is 11.3 Å². The molecule has 0 amide bonds. The highest BCUT2D eigenvalue weighted by Gasteiger charge is 2.84. The molecule has 8 heteroatoms. The molecule has 0 aromatic rings. The Morgan fingerprint density at radius 2 is 2.00 bits per heavy atom. The van der Waals surface area contributed by atoms with E-state index in [1.807, 2.05) is 0 Å². The summed E-state index contributed by atoms with van der Waals surface area (Å²) < 4.78 is 16.2. The second-order valence-corrected chi connectivity index (χ2v) is 8.98. The van der Waals surface area contributed by atoms with Crippen LogP contribution in [0.2, 0.25) is 0 Å². The van der Waals surface area contributed by atoms with Crippen LogP contribution in [0.15, 0.2) is 23.3 Å². The van der Waals surface area contributed by atoms with Gasteiger partial charge in [-0.05, 0) is 37.1 Å². The quantitative estimate of drug-likeness (QED) is 0.585. The van der Waals surface area contributed by atoms with Gasteiger partial charge in [0.25, 0.3) is 0 Å². The third-order valence-corrected chi connectivity index (χ3v) is 8.02. The highest BCUT2D eigenvalue weighted by Crippen LogP contribution is 2.72. The molecular formula is C20H22O8. The van der Waals surface area contributed by atoms with Crippen LogP contribution in [0.25, 0.3) is 0 Å². The first-order valence-electron chi connectivity index (χ1n) is 9.30. The fraction of sp³-hybridized carbons (Fsp3) is 0.650. The number of fused-ring (bicyclic) bond motifs is 2. The summed E-state index contributed by atoms with van der Waals surface area (Å²) in [6.07, 6.45) is 0.468. The summed E-state index contributed by atoms with van der Waals surface area (Å²) in [5.41, 5.74) is -5.03. The fourth-order valence-corrected chi connectivity index (χ4v) is 6.85. The first-order chi connectivity index (χ1) is 13.0. The maximum absolute atomic E-state index is 13.4. The number of carbonyl (C=O) groups is 3. The Morgan fingerprint density at radius 3 is 2.64 bits per heavy atom. The molecule has 0 radical (unpaired) electrons. The highest BCUT2D eigenvalue weighted by molar-refractivity contribution is 6.04. The van der Waals surface area contributed by atoms with Crippen molar-refractivity contribution in [3.8, 4) is 0 Å². The van der Waals surface area contributed by atoms with Crippen LogP contribution in [-0.2, 0) is 28.6 Å². The van der Waals surface area contributed by atoms with Crippen LogP contribution < -0.4 is 0 Å². The average Bonchev–Trinajstić information content (AvgIpc) is 3.09. The Kier molecular flexibility index (Phi) is 3.06. The van der Waals surface area contributed by atoms with Gasteiger partial charge in [-0.15, -0.1) is 0 Å². The van der Waals surface area contributed by atoms with Crippen LogP contribution in [0.5, 0.6) is 0 Å². The topological polar surface area (TPSA) is 119 Å². The Hall–Kier alpha value is -2.03. The number of methoxy groups -OCH3 is 1. The minimum atomic E-state index is -2.10. The van der Waals surface area contributed by atoms with Crippen LogP contribution in [0.3, 0.4) is 0 Å². The maximum Gasteiger partial charge on any atom is 0.342 e. The number of esters is 2. The molecule has 8 atom stereocenters. The zero-order valence-corrected chi connectivity index (χ0v) is 16.0. The standard InChI is InChI=1S/C20H22O8/c1-8-6-20(25,16(24)26-4)17(2)9(8)5-10(21)19-7-27-18(3)13(19)15(23)28-14(18)11(22)12(17)19/h5-6,11-14,22,25H,7H2,1-4H3/t11-,12-,13+,14+,17+,18+,19-,20+/m1/s1. The molecule has 2 heterocycles. The van der Waals surface area contributed by atoms with Crippen molar-refractivity contribution < 1.29 is 38.8 Å². The lowest BCUT2D eigenvalue weighted by molar-refractivity contribution is -0.196. The van der Waals surface area contributed by atoms with Gasteiger partial charge in [-0.2, -0.15) is 0 Å². The number of hydrogen-bond donors (Lipinski definition) is 2. The van der Waals surface area contributed by atoms with Crippen LogP contribution in [0, 0.1) is 22.7 Å². The Balaban J connectivity index is 1.83. The predicted molar refractivity (Wildman–Crippen MR) is 91.6 cm³/mol. The molecule has 0 aromatic heterocycles. The predicted octanol–water partition coefficient (Wildman–Crippen LogP) is -0.327. The number of ketones is 1. The molecule has 3 aliphatic carbocycles. The summed E-state index contributed by atoms with van der Waals surface area (Å²) >= 11 is 0. The van der Waals surface area contributed by atoms with Crippen molar-refractivity contribution in [3.05, 3.63) is 23.3 Å². The molecule has 1 spiro atoms. The maximum atomic E-state index is 13.4. The van der Waals surface area contributed by atoms with Crippen molar-refractivity contribution in [2.45, 2.75) is 44.2 Å². The van der Waals surface area contributed by atoms with Gasteiger partial charge >= 0.3 is 11.9 Å². The number of carbonyl (C=O) groups excluding carboxylic acids is 3. The lowest BCUT2D eigenvalue weighted by Gasteiger charge is -2.57. The molecule has 5 aliphatic rings. The van der Waals surface area contributed by atoms with Gasteiger partial charge in [-0.25, -0.2) is 4.79 Å². The SMILES string of the molecule is COC(=O)[C@@]1(O)C=C(C)C2=CC(=O)[C@@]34CO[C@]5(C)[C@@H](OC(=O)[C@@H]53)[C@H](O)[C@@H]4[C@]21C. The second kappa shape index (κ2) is 4.75. The molecule has 8 nitrogen and oxygen atoms in total. The van der Waals surface area contributed by atoms with Crippen molar-refractivity contribution >= 4 is 17.7 Å². The van der Waals surface area contributed by atoms with Crippen LogP contribution in [-0.4, -0.2) is 65.1 Å². The van der Waals surface area contributed by atoms with Gasteiger partial charge in [0.05, 0.1) is 25.2 Å². The van der Waals surface area contributed by atoms with Crippen LogP contribution >= 0.6 is 0 Å². The van der Waals surface area contributed by atoms with E-state index in [-0.39, 0.29) is 12.4 Å². The fourth-order valence-electron chi connectivity index (χ4n) is 6.85. The molecule has 2 aliphatic heterocycles. The molecule has 5 rings (SSSR count). The first-order valence-corrected chi connectivity index (χ1v) is 9.30. The Labute approximate surface area is 161 Å². The summed E-state index contributed by atoms with van der Waals surface area (Å²) in [4.78, 5) is 38.8. The van der Waals surface area contributed by atoms with Gasteiger partial charge in [-0.1, -0.05) is 6.92 Å². The van der Waals surface area contributed by atoms with E-state index in [0.29, 0.717) is 11.1 Å². The summed E-state index contributed by atoms with van der Waals surface area (Å²) in [5, 5.41) is 22.8. The van der Waals surface area contributed by atoms with E-state index < -0.39 is 58.0 Å². The molecule has 0 aromatic carbocycles. The summed E-state index contributed by atoms with van der Waals surface area (Å²) in [6.45, 7) is 4.91. The molecule has 150 valence electrons. The van der Waals surface area contributed by atoms with Crippen molar-refractivity contribution in [1.29, 1.82) is 0 Å². The van der Waals surface area contributed by atoms with E-state index >= 15 is 0 Å². The molecular weight excluding hydrogens is 368 g/mol. The van der Waals surface area contributed by atoms with Gasteiger partial charge < -0.3 is 24.4 Å². The number of rotatable bonds is 1. The number of allylic oxidation sites excluding steroid dienone is 2. The zero-order valence-electron chi connectivity index (χ0n) is 16.0. The molecule has 1 saturated carbocycles. The third-order valence-electron chi connectivity index (χ3n) is 8.02. The van der Waals surface area contributed by atoms with Gasteiger partial charge in [0.1, 0.15) is 11.5 Å². The van der Waals surface area contributed by atoms with Gasteiger partial charge in [0.2, 0.25) is 0 Å². The van der Waals surface area contributed by atoms with Crippen LogP contribution in [0.4, 0.5) is 0 Å². The minimum absolute atomic E-state index is 0.0873. The lowest BCUT2D eigenvalue weighted by Crippen LogP contribution is -2.70. The lowest BCUT2D eigenvalue weighted by atomic mass is 9.43. The number of hydrogen-bond acceptors (Lipinski definition) is 8. The van der Waals surface area contributed by atoms with E-state index in [4.69, 9.17) is 14.2 Å². The normalized spacial score (nSPS) is 53.2. The van der Waals surface area contributed by atoms with Crippen molar-refractivity contribution in [1.82, 2.24) is 0 Å². The molecule has 0 unspecified atom stereocenters. The average molecular weight is 390 g/mol. The van der Waals surface area contributed by atoms with Gasteiger partial charge in [0.15, 0.2) is 17.5 Å². The largest absolute Gasteiger partial charge is 0.467 e. The smallest absolute Gasteiger partial charge is 0.342 e. The van der Waals surface area contributed by atoms with E-state index in [9.17, 15) is 24.6 Å². The Morgan fingerprint density at radius 1 is 1.32 bits per heavy atom. The molecule has 3 fully saturated rings. The van der Waals surface area contributed by atoms with E-state index in [0.717, 1.165) is 0 Å². The van der Waals surface area contributed by atoms with Crippen molar-refractivity contribution in [2.24, 2.45) is 22.7 Å². The van der Waals surface area contributed by atoms with Crippen LogP contribution in [0.1, 0.15) is 20.8 Å². The number of ether oxygens (including phenoxy) is 3. The second-order valence-electron chi connectivity index (χ2n) is 8.98. The first kappa shape index (κ1) is 18.0. The van der Waals surface area contributed by atoms with E-state index in [2.05, 4.69) is 0 Å². The molecule has 2 N–H and O–H groups in total. The monoisotopic (exact) mass is 390 g/mol. The molecule has 28 heavy (non-hydrogen) atoms. The number of aliphatic hydroxyl groups excluding tert-OH is 1. The van der Waals surface area contributed by atoms with E-state index in [1.54, 1.807) is 20.8 Å². The summed E-state index contributed by atoms with van der Waals surface area (Å²) in [7, 11) is 1.17. The zero-order chi connectivity index (χ0) is 20.4. The summed E-state index contributed by atoms with van der Waals surface area (Å²) in [6, 6.07) is 0. The van der Waals surface area contributed by atoms with Crippen molar-refractivity contribution in [2.75, 3.05) is 13.7 Å². The molecule has 2 saturated heterocycles. The van der Waals surface area contributed by atoms with Crippen molar-refractivity contribution in [3.63, 3.8) is 0 Å². The molecule has 4 bridgehead atoms. The number of aliphatic hydroxyl groups is 2. The minimum Gasteiger partial charge on any atom is -0.467 e. The van der Waals surface area contributed by atoms with Gasteiger partial charge in [-0.3, -0.25) is 9.59 Å². The highest BCUT2D eigenvalue weighted by atomic mass is 16.6. The Bertz CT molecular complexity index is 919. The van der Waals surface area contributed by atoms with E-state index in [1.165, 1.54) is 19.3 Å².